The standard InChI is InChI=1S/C12H24O5S.C2H7NO/c1-2-3-4-5-6-7-8-9-10-11-12(13)17-18(14,15)16;3-1-2-4/h2-11H2,1H3,(H,14,15,16);4H,1-3H2. The van der Waals surface area contributed by atoms with Crippen molar-refractivity contribution < 1.29 is 27.1 Å². The zero-order valence-corrected chi connectivity index (χ0v) is 14.3. The van der Waals surface area contributed by atoms with Crippen LogP contribution in [0.5, 0.6) is 0 Å². The maximum atomic E-state index is 10.9. The maximum absolute atomic E-state index is 10.9. The lowest BCUT2D eigenvalue weighted by molar-refractivity contribution is -0.134. The van der Waals surface area contributed by atoms with Crippen molar-refractivity contribution in [1.82, 2.24) is 0 Å². The van der Waals surface area contributed by atoms with Crippen molar-refractivity contribution in [2.45, 2.75) is 71.1 Å². The molecule has 0 fully saturated rings. The summed E-state index contributed by atoms with van der Waals surface area (Å²) in [5.41, 5.74) is 4.78. The summed E-state index contributed by atoms with van der Waals surface area (Å²) in [5.74, 6) is -0.888. The van der Waals surface area contributed by atoms with E-state index in [0.29, 0.717) is 13.0 Å². The van der Waals surface area contributed by atoms with Gasteiger partial charge in [0.15, 0.2) is 0 Å². The molecule has 0 aliphatic rings. The number of unbranched alkanes of at least 4 members (excludes halogenated alkanes) is 8. The molecule has 0 bridgehead atoms. The van der Waals surface area contributed by atoms with Crippen molar-refractivity contribution >= 4 is 16.4 Å². The van der Waals surface area contributed by atoms with E-state index in [-0.39, 0.29) is 13.0 Å². The Hall–Kier alpha value is -0.700. The minimum Gasteiger partial charge on any atom is -0.395 e. The van der Waals surface area contributed by atoms with Gasteiger partial charge in [0.05, 0.1) is 6.61 Å². The highest BCUT2D eigenvalue weighted by Crippen LogP contribution is 2.10. The Kier molecular flexibility index (Phi) is 17.9. The minimum absolute atomic E-state index is 0.0373. The van der Waals surface area contributed by atoms with Crippen LogP contribution in [-0.2, 0) is 19.4 Å². The van der Waals surface area contributed by atoms with E-state index in [0.717, 1.165) is 19.3 Å². The van der Waals surface area contributed by atoms with Gasteiger partial charge in [0, 0.05) is 13.0 Å². The molecule has 0 aliphatic carbocycles. The summed E-state index contributed by atoms with van der Waals surface area (Å²) in [6.45, 7) is 2.66. The van der Waals surface area contributed by atoms with Gasteiger partial charge in [0.25, 0.3) is 0 Å². The Balaban J connectivity index is 0. The minimum atomic E-state index is -4.63. The molecule has 22 heavy (non-hydrogen) atoms. The molecule has 0 aromatic heterocycles. The summed E-state index contributed by atoms with van der Waals surface area (Å²) in [5, 5.41) is 7.75. The van der Waals surface area contributed by atoms with Gasteiger partial charge in [-0.25, -0.2) is 0 Å². The Morgan fingerprint density at radius 2 is 1.41 bits per heavy atom. The van der Waals surface area contributed by atoms with Gasteiger partial charge in [0.1, 0.15) is 0 Å². The quantitative estimate of drug-likeness (QED) is 0.367. The second-order valence-corrected chi connectivity index (χ2v) is 6.00. The van der Waals surface area contributed by atoms with E-state index < -0.39 is 16.4 Å². The molecule has 0 amide bonds. The first-order valence-corrected chi connectivity index (χ1v) is 9.24. The fourth-order valence-corrected chi connectivity index (χ4v) is 2.06. The Labute approximate surface area is 134 Å². The molecule has 0 aliphatic heterocycles. The van der Waals surface area contributed by atoms with E-state index in [9.17, 15) is 13.2 Å². The summed E-state index contributed by atoms with van der Waals surface area (Å²) < 4.78 is 32.5. The normalized spacial score (nSPS) is 10.7. The Morgan fingerprint density at radius 1 is 1.00 bits per heavy atom. The van der Waals surface area contributed by atoms with E-state index in [4.69, 9.17) is 15.4 Å². The van der Waals surface area contributed by atoms with Crippen molar-refractivity contribution in [3.63, 3.8) is 0 Å². The van der Waals surface area contributed by atoms with E-state index in [1.165, 1.54) is 32.1 Å². The van der Waals surface area contributed by atoms with Crippen LogP contribution in [0.1, 0.15) is 71.1 Å². The Morgan fingerprint density at radius 3 is 1.77 bits per heavy atom. The van der Waals surface area contributed by atoms with Crippen LogP contribution in [0.3, 0.4) is 0 Å². The van der Waals surface area contributed by atoms with Crippen LogP contribution in [-0.4, -0.2) is 37.2 Å². The molecule has 0 saturated heterocycles. The lowest BCUT2D eigenvalue weighted by Gasteiger charge is -2.02. The third kappa shape index (κ3) is 24.3. The molecule has 0 rings (SSSR count). The van der Waals surface area contributed by atoms with Gasteiger partial charge < -0.3 is 15.0 Å². The van der Waals surface area contributed by atoms with Crippen LogP contribution < -0.4 is 5.73 Å². The lowest BCUT2D eigenvalue weighted by atomic mass is 10.1. The first-order valence-electron chi connectivity index (χ1n) is 7.88. The molecule has 0 radical (unpaired) electrons. The zero-order chi connectivity index (χ0) is 17.3. The number of hydrogen-bond donors (Lipinski definition) is 3. The average molecular weight is 341 g/mol. The van der Waals surface area contributed by atoms with Gasteiger partial charge in [-0.2, -0.15) is 8.42 Å². The molecule has 7 nitrogen and oxygen atoms in total. The third-order valence-electron chi connectivity index (χ3n) is 2.81. The van der Waals surface area contributed by atoms with Crippen LogP contribution in [0.2, 0.25) is 0 Å². The molecule has 0 aromatic rings. The molecule has 0 spiro atoms. The summed E-state index contributed by atoms with van der Waals surface area (Å²) >= 11 is 0. The largest absolute Gasteiger partial charge is 0.448 e. The summed E-state index contributed by atoms with van der Waals surface area (Å²) in [4.78, 5) is 10.9. The fourth-order valence-electron chi connectivity index (χ4n) is 1.74. The molecule has 0 aromatic carbocycles. The van der Waals surface area contributed by atoms with Gasteiger partial charge in [-0.3, -0.25) is 9.35 Å². The third-order valence-corrected chi connectivity index (χ3v) is 3.21. The summed E-state index contributed by atoms with van der Waals surface area (Å²) in [6.07, 6.45) is 10.0. The van der Waals surface area contributed by atoms with Crippen molar-refractivity contribution in [2.75, 3.05) is 13.2 Å². The molecule has 0 unspecified atom stereocenters. The van der Waals surface area contributed by atoms with Crippen molar-refractivity contribution in [2.24, 2.45) is 5.73 Å². The number of carbonyl (C=O) groups excluding carboxylic acids is 1. The molecule has 134 valence electrons. The fraction of sp³-hybridized carbons (Fsp3) is 0.929. The highest BCUT2D eigenvalue weighted by molar-refractivity contribution is 7.81. The molecular weight excluding hydrogens is 310 g/mol. The van der Waals surface area contributed by atoms with Crippen LogP contribution in [0.4, 0.5) is 0 Å². The monoisotopic (exact) mass is 341 g/mol. The number of aliphatic hydroxyl groups is 1. The topological polar surface area (TPSA) is 127 Å². The predicted octanol–water partition coefficient (Wildman–Crippen LogP) is 2.19. The highest BCUT2D eigenvalue weighted by Gasteiger charge is 2.12. The van der Waals surface area contributed by atoms with E-state index in [1.54, 1.807) is 0 Å². The van der Waals surface area contributed by atoms with Crippen molar-refractivity contribution in [3.8, 4) is 0 Å². The molecule has 8 heteroatoms. The summed E-state index contributed by atoms with van der Waals surface area (Å²) in [7, 11) is -4.63. The van der Waals surface area contributed by atoms with Crippen molar-refractivity contribution in [1.29, 1.82) is 0 Å². The molecule has 0 saturated carbocycles. The van der Waals surface area contributed by atoms with Crippen LogP contribution in [0.25, 0.3) is 0 Å². The first kappa shape index (κ1) is 23.6. The van der Waals surface area contributed by atoms with Gasteiger partial charge in [-0.15, -0.1) is 0 Å². The SMILES string of the molecule is CCCCCCCCCCCC(=O)OS(=O)(=O)O.NCCO. The highest BCUT2D eigenvalue weighted by atomic mass is 32.3. The van der Waals surface area contributed by atoms with Crippen LogP contribution in [0, 0.1) is 0 Å². The van der Waals surface area contributed by atoms with Gasteiger partial charge in [-0.05, 0) is 6.42 Å². The number of hydrogen-bond acceptors (Lipinski definition) is 6. The maximum Gasteiger partial charge on any atom is 0.448 e. The van der Waals surface area contributed by atoms with E-state index in [1.807, 2.05) is 0 Å². The number of carbonyl (C=O) groups is 1. The van der Waals surface area contributed by atoms with Crippen molar-refractivity contribution in [3.05, 3.63) is 0 Å². The number of rotatable bonds is 12. The summed E-state index contributed by atoms with van der Waals surface area (Å²) in [6, 6.07) is 0. The molecule has 0 atom stereocenters. The van der Waals surface area contributed by atoms with E-state index >= 15 is 0 Å². The second kappa shape index (κ2) is 16.7. The molecule has 0 heterocycles. The molecule has 4 N–H and O–H groups in total. The van der Waals surface area contributed by atoms with E-state index in [2.05, 4.69) is 11.1 Å². The van der Waals surface area contributed by atoms with Gasteiger partial charge >= 0.3 is 16.4 Å². The molecular formula is C14H31NO6S. The second-order valence-electron chi connectivity index (χ2n) is 4.97. The predicted molar refractivity (Wildman–Crippen MR) is 85.6 cm³/mol. The van der Waals surface area contributed by atoms with Gasteiger partial charge in [0.2, 0.25) is 0 Å². The lowest BCUT2D eigenvalue weighted by Crippen LogP contribution is -2.11. The van der Waals surface area contributed by atoms with Gasteiger partial charge in [-0.1, -0.05) is 58.3 Å². The average Bonchev–Trinajstić information content (AvgIpc) is 2.44. The Bertz CT molecular complexity index is 343. The number of aliphatic hydroxyl groups excluding tert-OH is 1. The van der Waals surface area contributed by atoms with Crippen LogP contribution in [0.15, 0.2) is 0 Å². The zero-order valence-electron chi connectivity index (χ0n) is 13.5. The first-order chi connectivity index (χ1) is 10.4. The van der Waals surface area contributed by atoms with Crippen LogP contribution >= 0.6 is 0 Å². The number of nitrogens with two attached hydrogens (primary N) is 1. The smallest absolute Gasteiger partial charge is 0.395 e.